The van der Waals surface area contributed by atoms with Crippen LogP contribution in [0.15, 0.2) is 33.9 Å². The number of nitrogens with zero attached hydrogens (tertiary/aromatic N) is 2. The van der Waals surface area contributed by atoms with Crippen molar-refractivity contribution in [3.05, 3.63) is 46.5 Å². The Kier molecular flexibility index (Phi) is 3.95. The first-order valence-electron chi connectivity index (χ1n) is 7.12. The molecule has 1 aliphatic rings. The van der Waals surface area contributed by atoms with E-state index in [2.05, 4.69) is 14.9 Å². The zero-order valence-electron chi connectivity index (χ0n) is 12.2. The SMILES string of the molecule is COc1coc(C(=O)NCC2CCn3ccnc3C2)cc1=O. The number of carbonyl (C=O) groups excluding carboxylic acids is 1. The van der Waals surface area contributed by atoms with Crippen molar-refractivity contribution in [2.24, 2.45) is 5.92 Å². The maximum Gasteiger partial charge on any atom is 0.287 e. The summed E-state index contributed by atoms with van der Waals surface area (Å²) in [5, 5.41) is 2.81. The van der Waals surface area contributed by atoms with Gasteiger partial charge in [0.05, 0.1) is 7.11 Å². The van der Waals surface area contributed by atoms with E-state index in [1.165, 1.54) is 7.11 Å². The zero-order chi connectivity index (χ0) is 15.5. The fourth-order valence-corrected chi connectivity index (χ4v) is 2.58. The summed E-state index contributed by atoms with van der Waals surface area (Å²) in [6.07, 6.45) is 6.73. The molecule has 2 aromatic rings. The number of imidazole rings is 1. The van der Waals surface area contributed by atoms with Gasteiger partial charge in [0.2, 0.25) is 11.2 Å². The highest BCUT2D eigenvalue weighted by Gasteiger charge is 2.20. The van der Waals surface area contributed by atoms with E-state index in [-0.39, 0.29) is 16.9 Å². The minimum Gasteiger partial charge on any atom is -0.490 e. The highest BCUT2D eigenvalue weighted by Crippen LogP contribution is 2.18. The van der Waals surface area contributed by atoms with Gasteiger partial charge in [0.15, 0.2) is 5.76 Å². The summed E-state index contributed by atoms with van der Waals surface area (Å²) in [4.78, 5) is 27.9. The van der Waals surface area contributed by atoms with Crippen LogP contribution in [0.2, 0.25) is 0 Å². The third kappa shape index (κ3) is 2.88. The van der Waals surface area contributed by atoms with Crippen LogP contribution in [-0.4, -0.2) is 29.1 Å². The van der Waals surface area contributed by atoms with Crippen LogP contribution in [0.3, 0.4) is 0 Å². The van der Waals surface area contributed by atoms with Crippen LogP contribution in [0, 0.1) is 5.92 Å². The van der Waals surface area contributed by atoms with Crippen molar-refractivity contribution in [3.8, 4) is 5.75 Å². The van der Waals surface area contributed by atoms with E-state index in [9.17, 15) is 9.59 Å². The van der Waals surface area contributed by atoms with Crippen LogP contribution >= 0.6 is 0 Å². The predicted octanol–water partition coefficient (Wildman–Crippen LogP) is 0.837. The number of aryl methyl sites for hydroxylation is 1. The molecule has 1 atom stereocenters. The van der Waals surface area contributed by atoms with E-state index < -0.39 is 5.91 Å². The van der Waals surface area contributed by atoms with Crippen molar-refractivity contribution in [1.29, 1.82) is 0 Å². The summed E-state index contributed by atoms with van der Waals surface area (Å²) in [7, 11) is 1.37. The molecule has 1 amide bonds. The maximum atomic E-state index is 12.0. The number of fused-ring (bicyclic) bond motifs is 1. The van der Waals surface area contributed by atoms with Gasteiger partial charge in [-0.3, -0.25) is 9.59 Å². The number of hydrogen-bond acceptors (Lipinski definition) is 5. The van der Waals surface area contributed by atoms with Gasteiger partial charge in [-0.25, -0.2) is 4.98 Å². The molecule has 7 heteroatoms. The summed E-state index contributed by atoms with van der Waals surface area (Å²) < 4.78 is 12.1. The first kappa shape index (κ1) is 14.4. The summed E-state index contributed by atoms with van der Waals surface area (Å²) >= 11 is 0. The largest absolute Gasteiger partial charge is 0.490 e. The topological polar surface area (TPSA) is 86.4 Å². The number of amides is 1. The summed E-state index contributed by atoms with van der Waals surface area (Å²) in [5.41, 5.74) is -0.376. The Morgan fingerprint density at radius 1 is 1.59 bits per heavy atom. The average molecular weight is 303 g/mol. The van der Waals surface area contributed by atoms with Crippen molar-refractivity contribution in [2.75, 3.05) is 13.7 Å². The van der Waals surface area contributed by atoms with Crippen molar-refractivity contribution < 1.29 is 13.9 Å². The van der Waals surface area contributed by atoms with Gasteiger partial charge in [0, 0.05) is 38.0 Å². The van der Waals surface area contributed by atoms with Crippen LogP contribution in [0.4, 0.5) is 0 Å². The van der Waals surface area contributed by atoms with Crippen molar-refractivity contribution in [3.63, 3.8) is 0 Å². The Morgan fingerprint density at radius 3 is 3.23 bits per heavy atom. The quantitative estimate of drug-likeness (QED) is 0.904. The predicted molar refractivity (Wildman–Crippen MR) is 77.9 cm³/mol. The van der Waals surface area contributed by atoms with E-state index in [1.807, 2.05) is 6.20 Å². The molecule has 2 aromatic heterocycles. The number of methoxy groups -OCH3 is 1. The number of hydrogen-bond donors (Lipinski definition) is 1. The molecule has 116 valence electrons. The fraction of sp³-hybridized carbons (Fsp3) is 0.400. The van der Waals surface area contributed by atoms with Crippen LogP contribution in [0.5, 0.6) is 5.75 Å². The number of carbonyl (C=O) groups is 1. The molecule has 0 radical (unpaired) electrons. The molecule has 3 rings (SSSR count). The second-order valence-corrected chi connectivity index (χ2v) is 5.28. The molecule has 22 heavy (non-hydrogen) atoms. The lowest BCUT2D eigenvalue weighted by Crippen LogP contribution is -2.33. The first-order valence-corrected chi connectivity index (χ1v) is 7.12. The van der Waals surface area contributed by atoms with Gasteiger partial charge in [-0.15, -0.1) is 0 Å². The van der Waals surface area contributed by atoms with E-state index in [0.717, 1.165) is 37.5 Å². The minimum atomic E-state index is -0.395. The molecule has 0 aliphatic carbocycles. The lowest BCUT2D eigenvalue weighted by Gasteiger charge is -2.23. The number of nitrogens with one attached hydrogen (secondary N) is 1. The van der Waals surface area contributed by atoms with E-state index in [4.69, 9.17) is 9.15 Å². The molecule has 0 saturated heterocycles. The molecule has 0 spiro atoms. The second kappa shape index (κ2) is 6.05. The van der Waals surface area contributed by atoms with Gasteiger partial charge in [-0.05, 0) is 12.3 Å². The average Bonchev–Trinajstić information content (AvgIpc) is 3.00. The smallest absolute Gasteiger partial charge is 0.287 e. The van der Waals surface area contributed by atoms with Gasteiger partial charge < -0.3 is 19.0 Å². The van der Waals surface area contributed by atoms with Gasteiger partial charge in [0.25, 0.3) is 5.91 Å². The van der Waals surface area contributed by atoms with Gasteiger partial charge >= 0.3 is 0 Å². The molecule has 1 unspecified atom stereocenters. The highest BCUT2D eigenvalue weighted by atomic mass is 16.5. The third-order valence-corrected chi connectivity index (χ3v) is 3.84. The standard InChI is InChI=1S/C15H17N3O4/c1-21-13-9-22-12(7-11(13)19)15(20)17-8-10-2-4-18-5-3-16-14(18)6-10/h3,5,7,9-10H,2,4,6,8H2,1H3,(H,17,20). The molecule has 0 saturated carbocycles. The molecule has 1 N–H and O–H groups in total. The Balaban J connectivity index is 1.59. The Labute approximate surface area is 126 Å². The zero-order valence-corrected chi connectivity index (χ0v) is 12.2. The summed E-state index contributed by atoms with van der Waals surface area (Å²) in [6, 6.07) is 1.14. The van der Waals surface area contributed by atoms with Gasteiger partial charge in [-0.2, -0.15) is 0 Å². The van der Waals surface area contributed by atoms with Crippen LogP contribution < -0.4 is 15.5 Å². The molecule has 0 aromatic carbocycles. The third-order valence-electron chi connectivity index (χ3n) is 3.84. The van der Waals surface area contributed by atoms with E-state index in [1.54, 1.807) is 6.20 Å². The minimum absolute atomic E-state index is 0.0110. The Bertz CT molecular complexity index is 734. The maximum absolute atomic E-state index is 12.0. The van der Waals surface area contributed by atoms with Crippen molar-refractivity contribution in [1.82, 2.24) is 14.9 Å². The highest BCUT2D eigenvalue weighted by molar-refractivity contribution is 5.91. The lowest BCUT2D eigenvalue weighted by molar-refractivity contribution is 0.0913. The number of ether oxygens (including phenoxy) is 1. The Hall–Kier alpha value is -2.57. The molecular formula is C15H17N3O4. The number of aromatic nitrogens is 2. The molecular weight excluding hydrogens is 286 g/mol. The molecule has 3 heterocycles. The van der Waals surface area contributed by atoms with Crippen LogP contribution in [0.1, 0.15) is 22.8 Å². The van der Waals surface area contributed by atoms with Crippen LogP contribution in [0.25, 0.3) is 0 Å². The van der Waals surface area contributed by atoms with Crippen molar-refractivity contribution >= 4 is 5.91 Å². The lowest BCUT2D eigenvalue weighted by atomic mass is 9.98. The van der Waals surface area contributed by atoms with Crippen LogP contribution in [-0.2, 0) is 13.0 Å². The van der Waals surface area contributed by atoms with Gasteiger partial charge in [0.1, 0.15) is 12.1 Å². The molecule has 0 bridgehead atoms. The van der Waals surface area contributed by atoms with E-state index >= 15 is 0 Å². The number of rotatable bonds is 4. The Morgan fingerprint density at radius 2 is 2.45 bits per heavy atom. The first-order chi connectivity index (χ1) is 10.7. The summed E-state index contributed by atoms with van der Waals surface area (Å²) in [5.74, 6) is 1.05. The van der Waals surface area contributed by atoms with Crippen molar-refractivity contribution in [2.45, 2.75) is 19.4 Å². The monoisotopic (exact) mass is 303 g/mol. The fourth-order valence-electron chi connectivity index (χ4n) is 2.58. The second-order valence-electron chi connectivity index (χ2n) is 5.28. The molecule has 7 nitrogen and oxygen atoms in total. The van der Waals surface area contributed by atoms with Gasteiger partial charge in [-0.1, -0.05) is 0 Å². The normalized spacial score (nSPS) is 16.9. The molecule has 1 aliphatic heterocycles. The molecule has 0 fully saturated rings. The van der Waals surface area contributed by atoms with E-state index in [0.29, 0.717) is 12.5 Å². The summed E-state index contributed by atoms with van der Waals surface area (Å²) in [6.45, 7) is 1.44.